The summed E-state index contributed by atoms with van der Waals surface area (Å²) < 4.78 is 7.33. The van der Waals surface area contributed by atoms with E-state index >= 15 is 0 Å². The maximum absolute atomic E-state index is 12.7. The predicted octanol–water partition coefficient (Wildman–Crippen LogP) is 3.28. The number of hydrogen-bond acceptors (Lipinski definition) is 6. The average Bonchev–Trinajstić information content (AvgIpc) is 3.31. The zero-order valence-corrected chi connectivity index (χ0v) is 17.8. The number of nitrogens with one attached hydrogen (secondary N) is 1. The number of benzene rings is 1. The summed E-state index contributed by atoms with van der Waals surface area (Å²) in [4.78, 5) is 25.3. The number of esters is 1. The number of anilines is 1. The van der Waals surface area contributed by atoms with E-state index in [1.807, 2.05) is 55.2 Å². The van der Waals surface area contributed by atoms with Crippen molar-refractivity contribution in [2.45, 2.75) is 38.8 Å². The molecule has 0 bridgehead atoms. The summed E-state index contributed by atoms with van der Waals surface area (Å²) in [5, 5.41) is 8.45. The van der Waals surface area contributed by atoms with Crippen LogP contribution in [0.1, 0.15) is 39.7 Å². The lowest BCUT2D eigenvalue weighted by Crippen LogP contribution is -2.30. The lowest BCUT2D eigenvalue weighted by atomic mass is 9.91. The van der Waals surface area contributed by atoms with Crippen LogP contribution in [0, 0.1) is 0 Å². The highest BCUT2D eigenvalue weighted by molar-refractivity contribution is 7.18. The molecule has 0 fully saturated rings. The van der Waals surface area contributed by atoms with Gasteiger partial charge in [-0.1, -0.05) is 37.3 Å². The molecule has 4 rings (SSSR count). The number of aromatic nitrogens is 2. The Morgan fingerprint density at radius 2 is 2.07 bits per heavy atom. The van der Waals surface area contributed by atoms with Crippen LogP contribution in [0.4, 0.5) is 5.00 Å². The summed E-state index contributed by atoms with van der Waals surface area (Å²) in [5.41, 5.74) is 10.5. The van der Waals surface area contributed by atoms with Gasteiger partial charge in [-0.3, -0.25) is 9.48 Å². The Morgan fingerprint density at radius 3 is 2.77 bits per heavy atom. The third kappa shape index (κ3) is 3.70. The average molecular weight is 425 g/mol. The number of primary amides is 1. The molecule has 1 amide bonds. The van der Waals surface area contributed by atoms with Gasteiger partial charge in [-0.05, 0) is 36.0 Å². The van der Waals surface area contributed by atoms with E-state index in [0.717, 1.165) is 45.8 Å². The van der Waals surface area contributed by atoms with Gasteiger partial charge in [0.2, 0.25) is 0 Å². The molecule has 0 spiro atoms. The highest BCUT2D eigenvalue weighted by Gasteiger charge is 2.31. The van der Waals surface area contributed by atoms with E-state index < -0.39 is 11.9 Å². The van der Waals surface area contributed by atoms with Crippen LogP contribution in [0.25, 0.3) is 11.3 Å². The largest absolute Gasteiger partial charge is 0.459 e. The SMILES string of the molecule is CCC(Nc1sc(C(N)=O)c2c1-c1c(cnn1C)CC2)C(=O)OCc1ccccc1. The molecule has 0 saturated heterocycles. The van der Waals surface area contributed by atoms with Crippen LogP contribution in [0.5, 0.6) is 0 Å². The first-order valence-electron chi connectivity index (χ1n) is 9.93. The van der Waals surface area contributed by atoms with Crippen LogP contribution in [0.3, 0.4) is 0 Å². The van der Waals surface area contributed by atoms with E-state index in [4.69, 9.17) is 10.5 Å². The van der Waals surface area contributed by atoms with Crippen molar-refractivity contribution in [1.82, 2.24) is 9.78 Å². The number of fused-ring (bicyclic) bond motifs is 3. The molecule has 156 valence electrons. The predicted molar refractivity (Wildman–Crippen MR) is 116 cm³/mol. The van der Waals surface area contributed by atoms with Crippen molar-refractivity contribution in [2.75, 3.05) is 5.32 Å². The van der Waals surface area contributed by atoms with Gasteiger partial charge in [-0.25, -0.2) is 4.79 Å². The topological polar surface area (TPSA) is 99.2 Å². The molecular formula is C22H24N4O3S. The normalized spacial score (nSPS) is 13.3. The van der Waals surface area contributed by atoms with Crippen molar-refractivity contribution in [3.8, 4) is 11.3 Å². The fourth-order valence-electron chi connectivity index (χ4n) is 3.82. The molecule has 1 aromatic carbocycles. The van der Waals surface area contributed by atoms with Crippen LogP contribution in [-0.4, -0.2) is 27.7 Å². The minimum atomic E-state index is -0.532. The molecule has 1 unspecified atom stereocenters. The first kappa shape index (κ1) is 20.2. The van der Waals surface area contributed by atoms with E-state index in [1.54, 1.807) is 0 Å². The molecule has 1 aliphatic rings. The maximum atomic E-state index is 12.7. The van der Waals surface area contributed by atoms with E-state index in [0.29, 0.717) is 11.3 Å². The lowest BCUT2D eigenvalue weighted by molar-refractivity contribution is -0.145. The Balaban J connectivity index is 1.61. The minimum absolute atomic E-state index is 0.221. The summed E-state index contributed by atoms with van der Waals surface area (Å²) >= 11 is 1.30. The number of rotatable bonds is 7. The Kier molecular flexibility index (Phi) is 5.59. The van der Waals surface area contributed by atoms with Gasteiger partial charge in [-0.2, -0.15) is 5.10 Å². The number of carbonyl (C=O) groups is 2. The third-order valence-electron chi connectivity index (χ3n) is 5.35. The fraction of sp³-hybridized carbons (Fsp3) is 0.318. The van der Waals surface area contributed by atoms with Gasteiger partial charge < -0.3 is 15.8 Å². The molecule has 1 aliphatic carbocycles. The molecule has 1 atom stereocenters. The molecule has 7 nitrogen and oxygen atoms in total. The number of carbonyl (C=O) groups excluding carboxylic acids is 2. The third-order valence-corrected chi connectivity index (χ3v) is 6.53. The van der Waals surface area contributed by atoms with Crippen LogP contribution >= 0.6 is 11.3 Å². The van der Waals surface area contributed by atoms with Crippen molar-refractivity contribution >= 4 is 28.2 Å². The lowest BCUT2D eigenvalue weighted by Gasteiger charge is -2.20. The molecule has 8 heteroatoms. The van der Waals surface area contributed by atoms with Crippen molar-refractivity contribution in [3.63, 3.8) is 0 Å². The molecule has 0 saturated carbocycles. The molecule has 3 aromatic rings. The van der Waals surface area contributed by atoms with E-state index in [1.165, 1.54) is 11.3 Å². The smallest absolute Gasteiger partial charge is 0.328 e. The summed E-state index contributed by atoms with van der Waals surface area (Å²) in [7, 11) is 1.88. The maximum Gasteiger partial charge on any atom is 0.328 e. The van der Waals surface area contributed by atoms with Gasteiger partial charge in [-0.15, -0.1) is 11.3 Å². The van der Waals surface area contributed by atoms with Crippen LogP contribution < -0.4 is 11.1 Å². The molecular weight excluding hydrogens is 400 g/mol. The first-order chi connectivity index (χ1) is 14.5. The monoisotopic (exact) mass is 424 g/mol. The number of aryl methyl sites for hydroxylation is 2. The van der Waals surface area contributed by atoms with Crippen LogP contribution in [0.15, 0.2) is 36.5 Å². The Labute approximate surface area is 178 Å². The highest BCUT2D eigenvalue weighted by atomic mass is 32.1. The number of nitrogens with zero attached hydrogens (tertiary/aromatic N) is 2. The zero-order chi connectivity index (χ0) is 21.3. The summed E-state index contributed by atoms with van der Waals surface area (Å²) in [6.45, 7) is 2.14. The van der Waals surface area contributed by atoms with E-state index in [2.05, 4.69) is 10.4 Å². The first-order valence-corrected chi connectivity index (χ1v) is 10.7. The van der Waals surface area contributed by atoms with Crippen LogP contribution in [-0.2, 0) is 36.0 Å². The number of hydrogen-bond donors (Lipinski definition) is 2. The number of nitrogens with two attached hydrogens (primary N) is 1. The molecule has 2 heterocycles. The van der Waals surface area contributed by atoms with Crippen molar-refractivity contribution in [1.29, 1.82) is 0 Å². The van der Waals surface area contributed by atoms with E-state index in [9.17, 15) is 9.59 Å². The molecule has 2 aromatic heterocycles. The number of ether oxygens (including phenoxy) is 1. The highest BCUT2D eigenvalue weighted by Crippen LogP contribution is 2.45. The standard InChI is InChI=1S/C22H24N4O3S/c1-3-16(22(28)29-12-13-7-5-4-6-8-13)25-21-17-15(19(30-21)20(23)27)10-9-14-11-24-26(2)18(14)17/h4-8,11,16,25H,3,9-10,12H2,1-2H3,(H2,23,27). The summed E-state index contributed by atoms with van der Waals surface area (Å²) in [6.07, 6.45) is 3.93. The van der Waals surface area contributed by atoms with Crippen molar-refractivity contribution in [3.05, 3.63) is 58.1 Å². The Hall–Kier alpha value is -3.13. The Bertz CT molecular complexity index is 1090. The number of amides is 1. The van der Waals surface area contributed by atoms with E-state index in [-0.39, 0.29) is 12.6 Å². The molecule has 3 N–H and O–H groups in total. The van der Waals surface area contributed by atoms with Crippen molar-refractivity contribution in [2.24, 2.45) is 12.8 Å². The van der Waals surface area contributed by atoms with Gasteiger partial charge in [0.25, 0.3) is 5.91 Å². The molecule has 0 aliphatic heterocycles. The zero-order valence-electron chi connectivity index (χ0n) is 17.0. The quantitative estimate of drug-likeness (QED) is 0.567. The Morgan fingerprint density at radius 1 is 1.30 bits per heavy atom. The second-order valence-corrected chi connectivity index (χ2v) is 8.34. The number of thiophene rings is 1. The van der Waals surface area contributed by atoms with Gasteiger partial charge in [0.1, 0.15) is 12.6 Å². The summed E-state index contributed by atoms with van der Waals surface area (Å²) in [6, 6.07) is 9.04. The van der Waals surface area contributed by atoms with Crippen LogP contribution in [0.2, 0.25) is 0 Å². The van der Waals surface area contributed by atoms with Crippen molar-refractivity contribution < 1.29 is 14.3 Å². The summed E-state index contributed by atoms with van der Waals surface area (Å²) in [5.74, 6) is -0.778. The fourth-order valence-corrected chi connectivity index (χ4v) is 4.97. The van der Waals surface area contributed by atoms with Gasteiger partial charge >= 0.3 is 5.97 Å². The second-order valence-electron chi connectivity index (χ2n) is 7.32. The minimum Gasteiger partial charge on any atom is -0.459 e. The molecule has 0 radical (unpaired) electrons. The van der Waals surface area contributed by atoms with Gasteiger partial charge in [0.05, 0.1) is 21.8 Å². The van der Waals surface area contributed by atoms with Gasteiger partial charge in [0, 0.05) is 12.6 Å². The molecule has 30 heavy (non-hydrogen) atoms. The van der Waals surface area contributed by atoms with Gasteiger partial charge in [0.15, 0.2) is 0 Å². The second kappa shape index (κ2) is 8.31.